The molecule has 3 aliphatic rings. The Morgan fingerprint density at radius 1 is 1.17 bits per heavy atom. The lowest BCUT2D eigenvalue weighted by atomic mass is 9.93. The largest absolute Gasteiger partial charge is 0.489 e. The van der Waals surface area contributed by atoms with Crippen LogP contribution in [0.25, 0.3) is 21.5 Å². The molecule has 2 saturated carbocycles. The summed E-state index contributed by atoms with van der Waals surface area (Å²) in [4.78, 5) is 19.0. The van der Waals surface area contributed by atoms with Gasteiger partial charge in [0.25, 0.3) is 0 Å². The van der Waals surface area contributed by atoms with Crippen LogP contribution in [0.4, 0.5) is 5.13 Å². The van der Waals surface area contributed by atoms with Gasteiger partial charge < -0.3 is 19.3 Å². The number of fused-ring (bicyclic) bond motifs is 2. The molecule has 7 nitrogen and oxygen atoms in total. The molecule has 1 aliphatic heterocycles. The Morgan fingerprint density at radius 2 is 1.88 bits per heavy atom. The third-order valence-electron chi connectivity index (χ3n) is 8.95. The van der Waals surface area contributed by atoms with Gasteiger partial charge in [-0.2, -0.15) is 0 Å². The molecule has 1 saturated heterocycles. The molecule has 10 heteroatoms. The maximum Gasteiger partial charge on any atom is 0.335 e. The third kappa shape index (κ3) is 5.26. The minimum absolute atomic E-state index is 0.0681. The number of halogens is 2. The van der Waals surface area contributed by atoms with Gasteiger partial charge in [0.2, 0.25) is 0 Å². The quantitative estimate of drug-likeness (QED) is 0.199. The first-order chi connectivity index (χ1) is 20.2. The van der Waals surface area contributed by atoms with Crippen LogP contribution in [0, 0.1) is 17.8 Å². The fourth-order valence-corrected chi connectivity index (χ4v) is 8.52. The van der Waals surface area contributed by atoms with Crippen molar-refractivity contribution in [2.24, 2.45) is 17.8 Å². The average molecular weight is 627 g/mol. The van der Waals surface area contributed by atoms with Gasteiger partial charge in [0, 0.05) is 30.1 Å². The van der Waals surface area contributed by atoms with E-state index in [0.29, 0.717) is 39.5 Å². The summed E-state index contributed by atoms with van der Waals surface area (Å²) in [5, 5.41) is 16.2. The zero-order valence-corrected chi connectivity index (χ0v) is 25.9. The SMILES string of the molecule is CC(C)Oc1cc(C(=O)O)cc2sc(N3C[C@H]4CC(CCc5c(-c6c(Cl)cccc6Cl)noc5C5CC5)C[C@H]4C3)nc12. The van der Waals surface area contributed by atoms with Crippen molar-refractivity contribution in [2.75, 3.05) is 18.0 Å². The first-order valence-corrected chi connectivity index (χ1v) is 16.3. The van der Waals surface area contributed by atoms with Gasteiger partial charge in [-0.05, 0) is 94.4 Å². The number of nitrogens with zero attached hydrogens (tertiary/aromatic N) is 3. The maximum atomic E-state index is 11.7. The predicted molar refractivity (Wildman–Crippen MR) is 167 cm³/mol. The molecule has 2 aliphatic carbocycles. The highest BCUT2D eigenvalue weighted by Gasteiger charge is 2.42. The lowest BCUT2D eigenvalue weighted by Crippen LogP contribution is -2.21. The van der Waals surface area contributed by atoms with E-state index in [4.69, 9.17) is 37.4 Å². The van der Waals surface area contributed by atoms with Crippen molar-refractivity contribution in [3.63, 3.8) is 0 Å². The molecule has 7 rings (SSSR count). The van der Waals surface area contributed by atoms with E-state index < -0.39 is 5.97 Å². The van der Waals surface area contributed by atoms with Gasteiger partial charge in [0.15, 0.2) is 5.13 Å². The smallest absolute Gasteiger partial charge is 0.335 e. The number of carboxylic acids is 1. The minimum Gasteiger partial charge on any atom is -0.489 e. The van der Waals surface area contributed by atoms with Gasteiger partial charge in [-0.15, -0.1) is 0 Å². The molecule has 1 N–H and O–H groups in total. The van der Waals surface area contributed by atoms with E-state index in [0.717, 1.165) is 71.1 Å². The predicted octanol–water partition coefficient (Wildman–Crippen LogP) is 8.72. The lowest BCUT2D eigenvalue weighted by molar-refractivity contribution is 0.0696. The van der Waals surface area contributed by atoms with Crippen molar-refractivity contribution in [3.8, 4) is 17.0 Å². The number of benzene rings is 2. The number of thiazole rings is 1. The number of carbonyl (C=O) groups is 1. The van der Waals surface area contributed by atoms with Crippen molar-refractivity contribution in [3.05, 3.63) is 57.3 Å². The molecule has 3 fully saturated rings. The molecule has 0 bridgehead atoms. The monoisotopic (exact) mass is 625 g/mol. The summed E-state index contributed by atoms with van der Waals surface area (Å²) < 4.78 is 12.7. The number of carboxylic acid groups (broad SMARTS) is 1. The summed E-state index contributed by atoms with van der Waals surface area (Å²) in [7, 11) is 0. The van der Waals surface area contributed by atoms with Gasteiger partial charge in [-0.25, -0.2) is 9.78 Å². The molecule has 2 aromatic carbocycles. The van der Waals surface area contributed by atoms with Gasteiger partial charge in [0.05, 0.1) is 26.4 Å². The van der Waals surface area contributed by atoms with Crippen LogP contribution in [0.2, 0.25) is 10.0 Å². The molecule has 0 radical (unpaired) electrons. The highest BCUT2D eigenvalue weighted by Crippen LogP contribution is 2.49. The number of aromatic nitrogens is 2. The highest BCUT2D eigenvalue weighted by atomic mass is 35.5. The van der Waals surface area contributed by atoms with Crippen molar-refractivity contribution < 1.29 is 19.2 Å². The summed E-state index contributed by atoms with van der Waals surface area (Å²) >= 11 is 14.7. The van der Waals surface area contributed by atoms with Crippen LogP contribution in [0.3, 0.4) is 0 Å². The fraction of sp³-hybridized carbons (Fsp3) is 0.469. The maximum absolute atomic E-state index is 11.7. The van der Waals surface area contributed by atoms with E-state index in [1.165, 1.54) is 18.4 Å². The molecule has 42 heavy (non-hydrogen) atoms. The number of rotatable bonds is 9. The van der Waals surface area contributed by atoms with Crippen LogP contribution < -0.4 is 9.64 Å². The summed E-state index contributed by atoms with van der Waals surface area (Å²) in [6.45, 7) is 5.84. The molecule has 4 aromatic rings. The van der Waals surface area contributed by atoms with E-state index in [9.17, 15) is 9.90 Å². The van der Waals surface area contributed by atoms with Gasteiger partial charge >= 0.3 is 5.97 Å². The van der Waals surface area contributed by atoms with Crippen molar-refractivity contribution in [2.45, 2.75) is 64.4 Å². The fourth-order valence-electron chi connectivity index (χ4n) is 6.91. The van der Waals surface area contributed by atoms with E-state index in [-0.39, 0.29) is 11.7 Å². The zero-order valence-electron chi connectivity index (χ0n) is 23.6. The molecule has 0 spiro atoms. The Hall–Kier alpha value is -2.81. The molecular formula is C32H33Cl2N3O4S. The standard InChI is InChI=1S/C32H33Cl2N3O4S/c1-16(2)40-25-12-19(31(38)39)13-26-29(25)35-32(42-26)37-14-20-10-17(11-21(20)15-37)6-9-22-28(36-41-30(22)18-7-8-18)27-23(33)4-3-5-24(27)34/h3-5,12-13,16-18,20-21H,6-11,14-15H2,1-2H3,(H,38,39)/t17?,20-,21+. The number of hydrogen-bond donors (Lipinski definition) is 1. The van der Waals surface area contributed by atoms with E-state index in [2.05, 4.69) is 10.1 Å². The Bertz CT molecular complexity index is 1630. The van der Waals surface area contributed by atoms with Crippen LogP contribution in [-0.2, 0) is 6.42 Å². The minimum atomic E-state index is -0.959. The van der Waals surface area contributed by atoms with Crippen LogP contribution in [0.1, 0.15) is 73.6 Å². The number of ether oxygens (including phenoxy) is 1. The molecule has 2 aromatic heterocycles. The second-order valence-corrected chi connectivity index (χ2v) is 14.2. The summed E-state index contributed by atoms with van der Waals surface area (Å²) in [6, 6.07) is 8.87. The molecule has 220 valence electrons. The van der Waals surface area contributed by atoms with Crippen LogP contribution >= 0.6 is 34.5 Å². The van der Waals surface area contributed by atoms with Crippen molar-refractivity contribution in [1.29, 1.82) is 0 Å². The first kappa shape index (κ1) is 28.0. The van der Waals surface area contributed by atoms with Crippen LogP contribution in [0.15, 0.2) is 34.9 Å². The topological polar surface area (TPSA) is 88.7 Å². The Morgan fingerprint density at radius 3 is 2.52 bits per heavy atom. The Labute approximate surface area is 258 Å². The Kier molecular flexibility index (Phi) is 7.35. The van der Waals surface area contributed by atoms with Crippen LogP contribution in [-0.4, -0.2) is 40.4 Å². The average Bonchev–Trinajstić information content (AvgIpc) is 3.23. The van der Waals surface area contributed by atoms with Gasteiger partial charge in [-0.3, -0.25) is 0 Å². The summed E-state index contributed by atoms with van der Waals surface area (Å²) in [5.74, 6) is 2.98. The number of anilines is 1. The second kappa shape index (κ2) is 11.0. The molecule has 3 heterocycles. The normalized spacial score (nSPS) is 21.9. The van der Waals surface area contributed by atoms with E-state index in [1.54, 1.807) is 23.5 Å². The van der Waals surface area contributed by atoms with Crippen LogP contribution in [0.5, 0.6) is 5.75 Å². The summed E-state index contributed by atoms with van der Waals surface area (Å²) in [6.07, 6.45) is 6.64. The number of hydrogen-bond acceptors (Lipinski definition) is 7. The highest BCUT2D eigenvalue weighted by molar-refractivity contribution is 7.22. The van der Waals surface area contributed by atoms with Crippen molar-refractivity contribution in [1.82, 2.24) is 10.1 Å². The lowest BCUT2D eigenvalue weighted by Gasteiger charge is -2.18. The molecule has 1 unspecified atom stereocenters. The van der Waals surface area contributed by atoms with Gasteiger partial charge in [-0.1, -0.05) is 45.8 Å². The third-order valence-corrected chi connectivity index (χ3v) is 10.6. The summed E-state index contributed by atoms with van der Waals surface area (Å²) in [5.41, 5.74) is 3.74. The van der Waals surface area contributed by atoms with E-state index in [1.807, 2.05) is 32.0 Å². The zero-order chi connectivity index (χ0) is 29.1. The molecule has 3 atom stereocenters. The first-order valence-electron chi connectivity index (χ1n) is 14.8. The van der Waals surface area contributed by atoms with Gasteiger partial charge in [0.1, 0.15) is 22.7 Å². The van der Waals surface area contributed by atoms with E-state index >= 15 is 0 Å². The number of aromatic carboxylic acids is 1. The van der Waals surface area contributed by atoms with Crippen molar-refractivity contribution >= 4 is 55.9 Å². The molecule has 0 amide bonds. The second-order valence-electron chi connectivity index (χ2n) is 12.3. The Balaban J connectivity index is 1.05. The molecular weight excluding hydrogens is 593 g/mol.